The van der Waals surface area contributed by atoms with Crippen LogP contribution in [0.4, 0.5) is 5.13 Å². The first-order chi connectivity index (χ1) is 10.2. The van der Waals surface area contributed by atoms with Gasteiger partial charge in [0.1, 0.15) is 0 Å². The molecule has 0 fully saturated rings. The summed E-state index contributed by atoms with van der Waals surface area (Å²) < 4.78 is 6.45. The molecule has 21 heavy (non-hydrogen) atoms. The number of thiazole rings is 1. The van der Waals surface area contributed by atoms with Crippen molar-refractivity contribution in [1.82, 2.24) is 14.8 Å². The van der Waals surface area contributed by atoms with Gasteiger partial charge in [-0.05, 0) is 19.4 Å². The van der Waals surface area contributed by atoms with Crippen molar-refractivity contribution in [3.05, 3.63) is 27.5 Å². The number of hydrogen-bond donors (Lipinski definition) is 1. The van der Waals surface area contributed by atoms with Crippen molar-refractivity contribution in [3.8, 4) is 11.3 Å². The molecule has 114 valence electrons. The van der Waals surface area contributed by atoms with Gasteiger partial charge in [-0.2, -0.15) is 5.10 Å². The summed E-state index contributed by atoms with van der Waals surface area (Å²) in [5, 5.41) is 10.2. The van der Waals surface area contributed by atoms with Gasteiger partial charge in [-0.25, -0.2) is 9.67 Å². The van der Waals surface area contributed by atoms with E-state index in [1.807, 2.05) is 12.3 Å². The third-order valence-corrected chi connectivity index (χ3v) is 3.71. The van der Waals surface area contributed by atoms with Gasteiger partial charge >= 0.3 is 0 Å². The van der Waals surface area contributed by atoms with Crippen LogP contribution in [0.15, 0.2) is 16.2 Å². The Morgan fingerprint density at radius 3 is 3.00 bits per heavy atom. The maximum atomic E-state index is 12.4. The summed E-state index contributed by atoms with van der Waals surface area (Å²) >= 11 is 1.51. The van der Waals surface area contributed by atoms with Crippen LogP contribution in [0.3, 0.4) is 0 Å². The molecule has 1 N–H and O–H groups in total. The number of nitrogens with zero attached hydrogens (tertiary/aromatic N) is 3. The van der Waals surface area contributed by atoms with Crippen LogP contribution in [0, 0.1) is 6.92 Å². The summed E-state index contributed by atoms with van der Waals surface area (Å²) in [4.78, 5) is 16.9. The first kappa shape index (κ1) is 15.7. The molecule has 0 bridgehead atoms. The standard InChI is InChI=1S/C14H20N4O2S/c1-4-5-15-14-16-12(9-21-14)11-8-10(2)17-18(13(11)19)6-7-20-3/h8-9H,4-7H2,1-3H3,(H,15,16). The largest absolute Gasteiger partial charge is 0.383 e. The van der Waals surface area contributed by atoms with Crippen molar-refractivity contribution in [2.75, 3.05) is 25.6 Å². The van der Waals surface area contributed by atoms with Gasteiger partial charge < -0.3 is 10.1 Å². The van der Waals surface area contributed by atoms with E-state index in [1.165, 1.54) is 16.0 Å². The molecule has 2 aromatic heterocycles. The number of methoxy groups -OCH3 is 1. The molecular weight excluding hydrogens is 288 g/mol. The van der Waals surface area contributed by atoms with Crippen LogP contribution in [0.25, 0.3) is 11.3 Å². The number of nitrogens with one attached hydrogen (secondary N) is 1. The zero-order valence-corrected chi connectivity index (χ0v) is 13.4. The number of anilines is 1. The van der Waals surface area contributed by atoms with Crippen molar-refractivity contribution in [3.63, 3.8) is 0 Å². The fourth-order valence-corrected chi connectivity index (χ4v) is 2.64. The fraction of sp³-hybridized carbons (Fsp3) is 0.500. The van der Waals surface area contributed by atoms with E-state index in [4.69, 9.17) is 4.74 Å². The predicted molar refractivity (Wildman–Crippen MR) is 85.0 cm³/mol. The van der Waals surface area contributed by atoms with Crippen molar-refractivity contribution in [1.29, 1.82) is 0 Å². The summed E-state index contributed by atoms with van der Waals surface area (Å²) in [6.45, 7) is 5.74. The molecule has 2 aromatic rings. The van der Waals surface area contributed by atoms with Crippen LogP contribution < -0.4 is 10.9 Å². The summed E-state index contributed by atoms with van der Waals surface area (Å²) in [6, 6.07) is 1.78. The minimum absolute atomic E-state index is 0.134. The second-order valence-electron chi connectivity index (χ2n) is 4.69. The lowest BCUT2D eigenvalue weighted by Crippen LogP contribution is -2.26. The van der Waals surface area contributed by atoms with Gasteiger partial charge in [0.05, 0.1) is 30.1 Å². The topological polar surface area (TPSA) is 69.0 Å². The van der Waals surface area contributed by atoms with Gasteiger partial charge in [-0.15, -0.1) is 11.3 Å². The summed E-state index contributed by atoms with van der Waals surface area (Å²) in [7, 11) is 1.61. The van der Waals surface area contributed by atoms with Gasteiger partial charge in [0.25, 0.3) is 5.56 Å². The highest BCUT2D eigenvalue weighted by atomic mass is 32.1. The highest BCUT2D eigenvalue weighted by Crippen LogP contribution is 2.22. The number of aromatic nitrogens is 3. The van der Waals surface area contributed by atoms with Crippen LogP contribution in [-0.4, -0.2) is 35.0 Å². The first-order valence-electron chi connectivity index (χ1n) is 6.93. The van der Waals surface area contributed by atoms with E-state index >= 15 is 0 Å². The SMILES string of the molecule is CCCNc1nc(-c2cc(C)nn(CCOC)c2=O)cs1. The Hall–Kier alpha value is -1.73. The molecule has 2 heterocycles. The molecule has 0 saturated carbocycles. The Kier molecular flexibility index (Phi) is 5.46. The van der Waals surface area contributed by atoms with Crippen molar-refractivity contribution >= 4 is 16.5 Å². The molecule has 0 atom stereocenters. The van der Waals surface area contributed by atoms with E-state index in [0.29, 0.717) is 24.4 Å². The van der Waals surface area contributed by atoms with Crippen LogP contribution in [0.5, 0.6) is 0 Å². The number of rotatable bonds is 7. The minimum atomic E-state index is -0.134. The Labute approximate surface area is 127 Å². The van der Waals surface area contributed by atoms with Crippen molar-refractivity contribution < 1.29 is 4.74 Å². The van der Waals surface area contributed by atoms with Crippen LogP contribution >= 0.6 is 11.3 Å². The van der Waals surface area contributed by atoms with Crippen molar-refractivity contribution in [2.45, 2.75) is 26.8 Å². The van der Waals surface area contributed by atoms with Gasteiger partial charge in [-0.3, -0.25) is 4.79 Å². The maximum absolute atomic E-state index is 12.4. The van der Waals surface area contributed by atoms with E-state index in [0.717, 1.165) is 23.8 Å². The third kappa shape index (κ3) is 3.89. The van der Waals surface area contributed by atoms with Gasteiger partial charge in [0.2, 0.25) is 0 Å². The van der Waals surface area contributed by atoms with Crippen LogP contribution in [-0.2, 0) is 11.3 Å². The highest BCUT2D eigenvalue weighted by molar-refractivity contribution is 7.14. The van der Waals surface area contributed by atoms with Gasteiger partial charge in [-0.1, -0.05) is 6.92 Å². The van der Waals surface area contributed by atoms with E-state index in [-0.39, 0.29) is 5.56 Å². The molecule has 0 radical (unpaired) electrons. The molecule has 0 unspecified atom stereocenters. The molecule has 0 aliphatic rings. The van der Waals surface area contributed by atoms with Crippen molar-refractivity contribution in [2.24, 2.45) is 0 Å². The molecule has 2 rings (SSSR count). The number of hydrogen-bond acceptors (Lipinski definition) is 6. The Bertz CT molecular complexity index is 651. The molecule has 6 nitrogen and oxygen atoms in total. The van der Waals surface area contributed by atoms with E-state index in [2.05, 4.69) is 22.3 Å². The molecule has 7 heteroatoms. The minimum Gasteiger partial charge on any atom is -0.383 e. The molecule has 0 aromatic carbocycles. The lowest BCUT2D eigenvalue weighted by molar-refractivity contribution is 0.181. The number of aryl methyl sites for hydroxylation is 1. The first-order valence-corrected chi connectivity index (χ1v) is 7.81. The molecular formula is C14H20N4O2S. The Balaban J connectivity index is 2.32. The van der Waals surface area contributed by atoms with E-state index in [9.17, 15) is 4.79 Å². The van der Waals surface area contributed by atoms with Crippen LogP contribution in [0.2, 0.25) is 0 Å². The lowest BCUT2D eigenvalue weighted by Gasteiger charge is -2.07. The lowest BCUT2D eigenvalue weighted by atomic mass is 10.2. The third-order valence-electron chi connectivity index (χ3n) is 2.91. The molecule has 0 amide bonds. The molecule has 0 aliphatic carbocycles. The highest BCUT2D eigenvalue weighted by Gasteiger charge is 2.12. The summed E-state index contributed by atoms with van der Waals surface area (Å²) in [5.74, 6) is 0. The monoisotopic (exact) mass is 308 g/mol. The fourth-order valence-electron chi connectivity index (χ4n) is 1.90. The second kappa shape index (κ2) is 7.33. The van der Waals surface area contributed by atoms with Gasteiger partial charge in [0, 0.05) is 19.0 Å². The zero-order valence-electron chi connectivity index (χ0n) is 12.5. The number of ether oxygens (including phenoxy) is 1. The van der Waals surface area contributed by atoms with Gasteiger partial charge in [0.15, 0.2) is 5.13 Å². The summed E-state index contributed by atoms with van der Waals surface area (Å²) in [6.07, 6.45) is 1.03. The second-order valence-corrected chi connectivity index (χ2v) is 5.54. The Morgan fingerprint density at radius 1 is 1.48 bits per heavy atom. The smallest absolute Gasteiger partial charge is 0.276 e. The average molecular weight is 308 g/mol. The molecule has 0 aliphatic heterocycles. The maximum Gasteiger partial charge on any atom is 0.276 e. The van der Waals surface area contributed by atoms with Crippen LogP contribution in [0.1, 0.15) is 19.0 Å². The zero-order chi connectivity index (χ0) is 15.2. The molecule has 0 saturated heterocycles. The predicted octanol–water partition coefficient (Wildman–Crippen LogP) is 2.14. The summed E-state index contributed by atoms with van der Waals surface area (Å²) in [5.41, 5.74) is 1.93. The molecule has 0 spiro atoms. The van der Waals surface area contributed by atoms with E-state index < -0.39 is 0 Å². The normalized spacial score (nSPS) is 10.8. The average Bonchev–Trinajstić information content (AvgIpc) is 2.94. The quantitative estimate of drug-likeness (QED) is 0.848. The Morgan fingerprint density at radius 2 is 2.29 bits per heavy atom. The van der Waals surface area contributed by atoms with E-state index in [1.54, 1.807) is 13.2 Å².